The Balaban J connectivity index is 1.48. The van der Waals surface area contributed by atoms with Gasteiger partial charge < -0.3 is 14.8 Å². The van der Waals surface area contributed by atoms with Gasteiger partial charge in [0.2, 0.25) is 0 Å². The van der Waals surface area contributed by atoms with Gasteiger partial charge in [-0.25, -0.2) is 0 Å². The number of carbonyl (C=O) groups excluding carboxylic acids is 1. The lowest BCUT2D eigenvalue weighted by atomic mass is 10.1. The molecule has 7 heteroatoms. The smallest absolute Gasteiger partial charge is 0.262 e. The fourth-order valence-electron chi connectivity index (χ4n) is 3.17. The number of hydrogen-bond donors (Lipinski definition) is 1. The maximum absolute atomic E-state index is 12.4. The van der Waals surface area contributed by atoms with Gasteiger partial charge >= 0.3 is 0 Å². The molecule has 31 heavy (non-hydrogen) atoms. The Labute approximate surface area is 180 Å². The molecule has 0 saturated carbocycles. The predicted molar refractivity (Wildman–Crippen MR) is 120 cm³/mol. The molecule has 158 valence electrons. The Morgan fingerprint density at radius 2 is 1.55 bits per heavy atom. The van der Waals surface area contributed by atoms with Crippen molar-refractivity contribution < 1.29 is 14.3 Å². The number of benzene rings is 3. The van der Waals surface area contributed by atoms with Crippen molar-refractivity contribution in [2.24, 2.45) is 0 Å². The normalized spacial score (nSPS) is 10.8. The number of hydrogen-bond acceptors (Lipinski definition) is 5. The third kappa shape index (κ3) is 4.50. The molecule has 0 aliphatic carbocycles. The van der Waals surface area contributed by atoms with Gasteiger partial charge in [0.1, 0.15) is 22.5 Å². The Kier molecular flexibility index (Phi) is 5.58. The minimum atomic E-state index is -0.233. The van der Waals surface area contributed by atoms with Crippen LogP contribution in [0.25, 0.3) is 16.7 Å². The van der Waals surface area contributed by atoms with Crippen molar-refractivity contribution in [1.29, 1.82) is 0 Å². The molecule has 1 heterocycles. The molecule has 3 aromatic carbocycles. The Morgan fingerprint density at radius 3 is 2.23 bits per heavy atom. The highest BCUT2D eigenvalue weighted by atomic mass is 16.5. The number of aromatic nitrogens is 3. The Bertz CT molecular complexity index is 1250. The van der Waals surface area contributed by atoms with E-state index in [1.165, 1.54) is 5.56 Å². The number of amides is 1. The summed E-state index contributed by atoms with van der Waals surface area (Å²) in [5.41, 5.74) is 6.14. The second-order valence-corrected chi connectivity index (χ2v) is 7.43. The first-order valence-corrected chi connectivity index (χ1v) is 9.95. The van der Waals surface area contributed by atoms with Gasteiger partial charge in [-0.2, -0.15) is 4.80 Å². The van der Waals surface area contributed by atoms with E-state index in [0.29, 0.717) is 17.0 Å². The number of aryl methyl sites for hydroxylation is 3. The molecule has 0 unspecified atom stereocenters. The van der Waals surface area contributed by atoms with E-state index in [-0.39, 0.29) is 12.5 Å². The third-order valence-corrected chi connectivity index (χ3v) is 5.15. The van der Waals surface area contributed by atoms with Crippen LogP contribution < -0.4 is 14.8 Å². The number of carbonyl (C=O) groups is 1. The van der Waals surface area contributed by atoms with Gasteiger partial charge in [0.05, 0.1) is 12.8 Å². The second kappa shape index (κ2) is 8.47. The fourth-order valence-corrected chi connectivity index (χ4v) is 3.17. The van der Waals surface area contributed by atoms with Crippen LogP contribution in [0.2, 0.25) is 0 Å². The summed E-state index contributed by atoms with van der Waals surface area (Å²) in [7, 11) is 1.63. The summed E-state index contributed by atoms with van der Waals surface area (Å²) >= 11 is 0. The molecule has 1 N–H and O–H groups in total. The molecular formula is C24H24N4O3. The summed E-state index contributed by atoms with van der Waals surface area (Å²) in [5.74, 6) is 1.21. The number of fused-ring (bicyclic) bond motifs is 1. The number of anilines is 1. The lowest BCUT2D eigenvalue weighted by molar-refractivity contribution is -0.118. The van der Waals surface area contributed by atoms with Gasteiger partial charge in [-0.1, -0.05) is 6.07 Å². The molecule has 4 aromatic rings. The largest absolute Gasteiger partial charge is 0.497 e. The minimum Gasteiger partial charge on any atom is -0.497 e. The molecule has 0 bridgehead atoms. The van der Waals surface area contributed by atoms with Gasteiger partial charge in [0.15, 0.2) is 6.61 Å². The molecule has 0 spiro atoms. The van der Waals surface area contributed by atoms with Crippen LogP contribution in [0.3, 0.4) is 0 Å². The van der Waals surface area contributed by atoms with Crippen molar-refractivity contribution in [1.82, 2.24) is 15.0 Å². The molecule has 7 nitrogen and oxygen atoms in total. The summed E-state index contributed by atoms with van der Waals surface area (Å²) in [6.45, 7) is 5.90. The van der Waals surface area contributed by atoms with Crippen molar-refractivity contribution in [2.75, 3.05) is 19.0 Å². The number of nitrogens with zero attached hydrogens (tertiary/aromatic N) is 3. The van der Waals surface area contributed by atoms with E-state index in [9.17, 15) is 4.79 Å². The SMILES string of the molecule is COc1ccc(-n2nc3cc(C)c(NC(=O)COc4ccc(C)c(C)c4)cc3n2)cc1. The molecule has 0 aliphatic rings. The van der Waals surface area contributed by atoms with Gasteiger partial charge in [0, 0.05) is 5.69 Å². The molecule has 0 saturated heterocycles. The van der Waals surface area contributed by atoms with Gasteiger partial charge in [0.25, 0.3) is 5.91 Å². The molecule has 1 amide bonds. The monoisotopic (exact) mass is 416 g/mol. The van der Waals surface area contributed by atoms with Crippen LogP contribution in [-0.2, 0) is 4.79 Å². The molecule has 4 rings (SSSR count). The van der Waals surface area contributed by atoms with E-state index in [1.54, 1.807) is 11.9 Å². The quantitative estimate of drug-likeness (QED) is 0.505. The van der Waals surface area contributed by atoms with E-state index in [1.807, 2.05) is 75.4 Å². The highest BCUT2D eigenvalue weighted by molar-refractivity contribution is 5.95. The van der Waals surface area contributed by atoms with E-state index >= 15 is 0 Å². The van der Waals surface area contributed by atoms with E-state index in [2.05, 4.69) is 15.5 Å². The molecule has 0 aliphatic heterocycles. The zero-order valence-corrected chi connectivity index (χ0v) is 18.0. The summed E-state index contributed by atoms with van der Waals surface area (Å²) in [4.78, 5) is 14.0. The van der Waals surface area contributed by atoms with Crippen molar-refractivity contribution in [3.63, 3.8) is 0 Å². The molecule has 1 aromatic heterocycles. The summed E-state index contributed by atoms with van der Waals surface area (Å²) in [6, 6.07) is 17.0. The lowest BCUT2D eigenvalue weighted by Crippen LogP contribution is -2.20. The van der Waals surface area contributed by atoms with Crippen molar-refractivity contribution in [3.8, 4) is 17.2 Å². The third-order valence-electron chi connectivity index (χ3n) is 5.15. The maximum atomic E-state index is 12.4. The standard InChI is InChI=1S/C24H24N4O3/c1-15-5-8-20(11-16(15)2)31-14-24(29)25-21-13-23-22(12-17(21)3)26-28(27-23)18-6-9-19(30-4)10-7-18/h5-13H,14H2,1-4H3,(H,25,29). The van der Waals surface area contributed by atoms with Crippen LogP contribution in [-0.4, -0.2) is 34.6 Å². The zero-order chi connectivity index (χ0) is 22.0. The molecule has 0 atom stereocenters. The van der Waals surface area contributed by atoms with Crippen LogP contribution in [0.1, 0.15) is 16.7 Å². The predicted octanol–water partition coefficient (Wildman–Crippen LogP) is 4.37. The van der Waals surface area contributed by atoms with E-state index in [0.717, 1.165) is 28.1 Å². The fraction of sp³-hybridized carbons (Fsp3) is 0.208. The van der Waals surface area contributed by atoms with Crippen LogP contribution >= 0.6 is 0 Å². The first-order chi connectivity index (χ1) is 14.9. The highest BCUT2D eigenvalue weighted by Gasteiger charge is 2.11. The minimum absolute atomic E-state index is 0.0709. The van der Waals surface area contributed by atoms with Crippen LogP contribution in [0, 0.1) is 20.8 Å². The number of methoxy groups -OCH3 is 1. The van der Waals surface area contributed by atoms with Crippen LogP contribution in [0.4, 0.5) is 5.69 Å². The Hall–Kier alpha value is -3.87. The molecule has 0 fully saturated rings. The van der Waals surface area contributed by atoms with Gasteiger partial charge in [-0.05, 0) is 86.0 Å². The van der Waals surface area contributed by atoms with Crippen molar-refractivity contribution in [2.45, 2.75) is 20.8 Å². The topological polar surface area (TPSA) is 78.3 Å². The lowest BCUT2D eigenvalue weighted by Gasteiger charge is -2.10. The van der Waals surface area contributed by atoms with Crippen molar-refractivity contribution in [3.05, 3.63) is 71.3 Å². The maximum Gasteiger partial charge on any atom is 0.262 e. The van der Waals surface area contributed by atoms with Gasteiger partial charge in [-0.15, -0.1) is 10.2 Å². The Morgan fingerprint density at radius 1 is 0.871 bits per heavy atom. The second-order valence-electron chi connectivity index (χ2n) is 7.43. The highest BCUT2D eigenvalue weighted by Crippen LogP contribution is 2.23. The van der Waals surface area contributed by atoms with E-state index < -0.39 is 0 Å². The average molecular weight is 416 g/mol. The van der Waals surface area contributed by atoms with E-state index in [4.69, 9.17) is 9.47 Å². The first kappa shape index (κ1) is 20.4. The van der Waals surface area contributed by atoms with Crippen molar-refractivity contribution >= 4 is 22.6 Å². The van der Waals surface area contributed by atoms with Crippen LogP contribution in [0.5, 0.6) is 11.5 Å². The van der Waals surface area contributed by atoms with Gasteiger partial charge in [-0.3, -0.25) is 4.79 Å². The number of ether oxygens (including phenoxy) is 2. The molecule has 0 radical (unpaired) electrons. The summed E-state index contributed by atoms with van der Waals surface area (Å²) in [5, 5.41) is 12.0. The van der Waals surface area contributed by atoms with Crippen LogP contribution in [0.15, 0.2) is 54.6 Å². The average Bonchev–Trinajstić information content (AvgIpc) is 3.17. The first-order valence-electron chi connectivity index (χ1n) is 9.95. The zero-order valence-electron chi connectivity index (χ0n) is 18.0. The number of nitrogens with one attached hydrogen (secondary N) is 1. The summed E-state index contributed by atoms with van der Waals surface area (Å²) < 4.78 is 10.8. The number of rotatable bonds is 6. The summed E-state index contributed by atoms with van der Waals surface area (Å²) in [6.07, 6.45) is 0. The molecular weight excluding hydrogens is 392 g/mol.